The smallest absolute Gasteiger partial charge is 0.231 e. The summed E-state index contributed by atoms with van der Waals surface area (Å²) in [5, 5.41) is 3.87. The maximum absolute atomic E-state index is 12.4. The summed E-state index contributed by atoms with van der Waals surface area (Å²) in [6.45, 7) is 1.83. The molecule has 0 aliphatic rings. The van der Waals surface area contributed by atoms with Crippen molar-refractivity contribution in [2.75, 3.05) is 16.8 Å². The monoisotopic (exact) mass is 342 g/mol. The van der Waals surface area contributed by atoms with Gasteiger partial charge < -0.3 is 16.8 Å². The summed E-state index contributed by atoms with van der Waals surface area (Å²) in [6.07, 6.45) is 1.66. The highest BCUT2D eigenvalue weighted by Crippen LogP contribution is 2.24. The molecule has 0 saturated carbocycles. The molecule has 1 heterocycles. The first kappa shape index (κ1) is 17.6. The number of benzene rings is 2. The lowest BCUT2D eigenvalue weighted by Gasteiger charge is -2.14. The minimum absolute atomic E-state index is 0. The first-order chi connectivity index (χ1) is 11.0. The van der Waals surface area contributed by atoms with Crippen molar-refractivity contribution in [1.82, 2.24) is 4.98 Å². The zero-order valence-electron chi connectivity index (χ0n) is 13.2. The van der Waals surface area contributed by atoms with Crippen LogP contribution in [0.15, 0.2) is 54.7 Å². The van der Waals surface area contributed by atoms with Crippen molar-refractivity contribution >= 4 is 46.3 Å². The number of amides is 1. The first-order valence-electron chi connectivity index (χ1n) is 7.35. The third-order valence-corrected chi connectivity index (χ3v) is 3.86. The lowest BCUT2D eigenvalue weighted by Crippen LogP contribution is -2.19. The van der Waals surface area contributed by atoms with E-state index in [1.807, 2.05) is 43.3 Å². The molecule has 5 nitrogen and oxygen atoms in total. The number of halogens is 1. The van der Waals surface area contributed by atoms with Gasteiger partial charge in [-0.3, -0.25) is 9.78 Å². The maximum Gasteiger partial charge on any atom is 0.231 e. The van der Waals surface area contributed by atoms with Crippen LogP contribution in [0.5, 0.6) is 0 Å². The van der Waals surface area contributed by atoms with Crippen molar-refractivity contribution in [1.29, 1.82) is 0 Å². The quantitative estimate of drug-likeness (QED) is 0.634. The van der Waals surface area contributed by atoms with Crippen LogP contribution in [0, 0.1) is 0 Å². The predicted molar refractivity (Wildman–Crippen MR) is 101 cm³/mol. The number of nitrogen functional groups attached to an aromatic ring is 2. The third kappa shape index (κ3) is 3.58. The summed E-state index contributed by atoms with van der Waals surface area (Å²) in [7, 11) is 0. The minimum atomic E-state index is -0.343. The highest BCUT2D eigenvalue weighted by atomic mass is 35.5. The van der Waals surface area contributed by atoms with Crippen LogP contribution in [-0.4, -0.2) is 10.9 Å². The summed E-state index contributed by atoms with van der Waals surface area (Å²) in [5.74, 6) is -0.462. The average Bonchev–Trinajstić information content (AvgIpc) is 2.56. The van der Waals surface area contributed by atoms with Crippen LogP contribution in [0.1, 0.15) is 18.4 Å². The van der Waals surface area contributed by atoms with Gasteiger partial charge in [0.05, 0.1) is 34.7 Å². The molecule has 3 aromatic rings. The summed E-state index contributed by atoms with van der Waals surface area (Å²) < 4.78 is 0. The average molecular weight is 343 g/mol. The summed E-state index contributed by atoms with van der Waals surface area (Å²) in [5.41, 5.74) is 14.9. The zero-order valence-corrected chi connectivity index (χ0v) is 14.0. The number of anilines is 3. The van der Waals surface area contributed by atoms with Crippen molar-refractivity contribution in [3.05, 3.63) is 60.3 Å². The van der Waals surface area contributed by atoms with Crippen LogP contribution in [-0.2, 0) is 4.79 Å². The van der Waals surface area contributed by atoms with Gasteiger partial charge in [-0.1, -0.05) is 24.3 Å². The fourth-order valence-electron chi connectivity index (χ4n) is 2.40. The van der Waals surface area contributed by atoms with Crippen molar-refractivity contribution in [3.8, 4) is 0 Å². The molecule has 0 fully saturated rings. The second-order valence-corrected chi connectivity index (χ2v) is 5.52. The van der Waals surface area contributed by atoms with Gasteiger partial charge in [0.1, 0.15) is 0 Å². The fourth-order valence-corrected chi connectivity index (χ4v) is 2.40. The van der Waals surface area contributed by atoms with Crippen LogP contribution in [0.25, 0.3) is 10.9 Å². The van der Waals surface area contributed by atoms with Gasteiger partial charge in [-0.05, 0) is 36.8 Å². The minimum Gasteiger partial charge on any atom is -0.397 e. The second kappa shape index (κ2) is 7.19. The molecule has 0 aliphatic carbocycles. The van der Waals surface area contributed by atoms with Gasteiger partial charge in [0.2, 0.25) is 5.91 Å². The molecule has 1 amide bonds. The van der Waals surface area contributed by atoms with Gasteiger partial charge in [0, 0.05) is 5.39 Å². The van der Waals surface area contributed by atoms with E-state index in [9.17, 15) is 4.79 Å². The van der Waals surface area contributed by atoms with Gasteiger partial charge in [-0.25, -0.2) is 0 Å². The Morgan fingerprint density at radius 2 is 1.83 bits per heavy atom. The lowest BCUT2D eigenvalue weighted by atomic mass is 9.99. The molecule has 3 rings (SSSR count). The molecule has 0 spiro atoms. The van der Waals surface area contributed by atoms with E-state index in [1.165, 1.54) is 0 Å². The van der Waals surface area contributed by atoms with Crippen molar-refractivity contribution in [3.63, 3.8) is 0 Å². The Bertz CT molecular complexity index is 882. The summed E-state index contributed by atoms with van der Waals surface area (Å²) in [4.78, 5) is 16.8. The molecule has 0 bridgehead atoms. The van der Waals surface area contributed by atoms with Gasteiger partial charge in [0.25, 0.3) is 0 Å². The molecule has 1 atom stereocenters. The van der Waals surface area contributed by atoms with Crippen LogP contribution < -0.4 is 16.8 Å². The van der Waals surface area contributed by atoms with Crippen molar-refractivity contribution < 1.29 is 4.79 Å². The van der Waals surface area contributed by atoms with Crippen LogP contribution >= 0.6 is 12.4 Å². The standard InChI is InChI=1S/C18H18N4O.ClH/c1-11(12-6-7-15(19)16(20)9-12)18(23)22-14-8-13-4-2-3-5-17(13)21-10-14;/h2-11H,19-20H2,1H3,(H,22,23);1H. The highest BCUT2D eigenvalue weighted by Gasteiger charge is 2.16. The van der Waals surface area contributed by atoms with Gasteiger partial charge in [-0.15, -0.1) is 12.4 Å². The van der Waals surface area contributed by atoms with Crippen LogP contribution in [0.2, 0.25) is 0 Å². The highest BCUT2D eigenvalue weighted by molar-refractivity contribution is 5.97. The number of rotatable bonds is 3. The molecule has 0 aliphatic heterocycles. The number of carbonyl (C=O) groups is 1. The molecule has 0 radical (unpaired) electrons. The van der Waals surface area contributed by atoms with E-state index in [-0.39, 0.29) is 24.2 Å². The van der Waals surface area contributed by atoms with E-state index in [0.29, 0.717) is 17.1 Å². The molecule has 6 heteroatoms. The fraction of sp³-hybridized carbons (Fsp3) is 0.111. The third-order valence-electron chi connectivity index (χ3n) is 3.86. The Kier molecular flexibility index (Phi) is 5.26. The van der Waals surface area contributed by atoms with Gasteiger partial charge in [0.15, 0.2) is 0 Å². The number of aromatic nitrogens is 1. The molecule has 24 heavy (non-hydrogen) atoms. The number of pyridine rings is 1. The van der Waals surface area contributed by atoms with Crippen LogP contribution in [0.4, 0.5) is 17.1 Å². The Hall–Kier alpha value is -2.79. The van der Waals surface area contributed by atoms with E-state index in [1.54, 1.807) is 18.3 Å². The molecule has 1 unspecified atom stereocenters. The second-order valence-electron chi connectivity index (χ2n) is 5.52. The van der Waals surface area contributed by atoms with Gasteiger partial charge >= 0.3 is 0 Å². The van der Waals surface area contributed by atoms with Crippen molar-refractivity contribution in [2.24, 2.45) is 0 Å². The number of nitrogens with zero attached hydrogens (tertiary/aromatic N) is 1. The predicted octanol–water partition coefficient (Wildman–Crippen LogP) is 3.56. The number of fused-ring (bicyclic) bond motifs is 1. The molecular weight excluding hydrogens is 324 g/mol. The lowest BCUT2D eigenvalue weighted by molar-refractivity contribution is -0.117. The summed E-state index contributed by atoms with van der Waals surface area (Å²) in [6, 6.07) is 14.9. The van der Waals surface area contributed by atoms with E-state index < -0.39 is 0 Å². The number of hydrogen-bond acceptors (Lipinski definition) is 4. The Labute approximate surface area is 146 Å². The van der Waals surface area contributed by atoms with E-state index in [0.717, 1.165) is 16.5 Å². The van der Waals surface area contributed by atoms with E-state index in [2.05, 4.69) is 10.3 Å². The van der Waals surface area contributed by atoms with Crippen molar-refractivity contribution in [2.45, 2.75) is 12.8 Å². The largest absolute Gasteiger partial charge is 0.397 e. The number of carbonyl (C=O) groups excluding carboxylic acids is 1. The Balaban J connectivity index is 0.00000208. The number of hydrogen-bond donors (Lipinski definition) is 3. The number of para-hydroxylation sites is 1. The molecule has 124 valence electrons. The Morgan fingerprint density at radius 1 is 1.08 bits per heavy atom. The number of nitrogens with two attached hydrogens (primary N) is 2. The van der Waals surface area contributed by atoms with E-state index in [4.69, 9.17) is 11.5 Å². The molecule has 1 aromatic heterocycles. The molecular formula is C18H19ClN4O. The normalized spacial score (nSPS) is 11.5. The maximum atomic E-state index is 12.4. The summed E-state index contributed by atoms with van der Waals surface area (Å²) >= 11 is 0. The molecule has 2 aromatic carbocycles. The molecule has 5 N–H and O–H groups in total. The number of nitrogens with one attached hydrogen (secondary N) is 1. The zero-order chi connectivity index (χ0) is 16.4. The van der Waals surface area contributed by atoms with E-state index >= 15 is 0 Å². The molecule has 0 saturated heterocycles. The topological polar surface area (TPSA) is 94.0 Å². The van der Waals surface area contributed by atoms with Gasteiger partial charge in [-0.2, -0.15) is 0 Å². The van der Waals surface area contributed by atoms with Crippen LogP contribution in [0.3, 0.4) is 0 Å². The first-order valence-corrected chi connectivity index (χ1v) is 7.35. The SMILES string of the molecule is CC(C(=O)Nc1cnc2ccccc2c1)c1ccc(N)c(N)c1.Cl. The Morgan fingerprint density at radius 3 is 2.58 bits per heavy atom.